The van der Waals surface area contributed by atoms with E-state index in [-0.39, 0.29) is 44.5 Å². The van der Waals surface area contributed by atoms with E-state index in [0.717, 1.165) is 0 Å². The molecule has 0 saturated carbocycles. The van der Waals surface area contributed by atoms with Crippen molar-refractivity contribution in [2.24, 2.45) is 0 Å². The lowest BCUT2D eigenvalue weighted by atomic mass is 10.1. The Morgan fingerprint density at radius 3 is 2.48 bits per heavy atom. The quantitative estimate of drug-likeness (QED) is 0.315. The monoisotopic (exact) mass is 302 g/mol. The largest absolute Gasteiger partial charge is 0.458 e. The standard InChI is InChI=1S/C15H26O6/c1-5-6-19-15(18)11(2)7-14(8-16)21-10-13(4)20-9-12(3)17/h5,12-14,16-17H,1-2,6-10H2,3-4H3. The molecule has 0 spiro atoms. The van der Waals surface area contributed by atoms with Crippen molar-refractivity contribution in [2.45, 2.75) is 38.6 Å². The predicted molar refractivity (Wildman–Crippen MR) is 78.8 cm³/mol. The van der Waals surface area contributed by atoms with E-state index in [0.29, 0.717) is 0 Å². The molecule has 3 atom stereocenters. The number of aliphatic hydroxyl groups excluding tert-OH is 2. The summed E-state index contributed by atoms with van der Waals surface area (Å²) in [7, 11) is 0. The van der Waals surface area contributed by atoms with Crippen molar-refractivity contribution < 1.29 is 29.2 Å². The van der Waals surface area contributed by atoms with Gasteiger partial charge in [-0.1, -0.05) is 19.2 Å². The number of aliphatic hydroxyl groups is 2. The van der Waals surface area contributed by atoms with Crippen molar-refractivity contribution in [3.8, 4) is 0 Å². The molecule has 6 nitrogen and oxygen atoms in total. The third-order valence-electron chi connectivity index (χ3n) is 2.49. The van der Waals surface area contributed by atoms with Crippen LogP contribution in [0.5, 0.6) is 0 Å². The zero-order valence-electron chi connectivity index (χ0n) is 12.8. The molecule has 3 unspecified atom stereocenters. The van der Waals surface area contributed by atoms with E-state index >= 15 is 0 Å². The zero-order valence-corrected chi connectivity index (χ0v) is 12.8. The number of esters is 1. The molecule has 0 aromatic carbocycles. The van der Waals surface area contributed by atoms with E-state index in [4.69, 9.17) is 19.3 Å². The average molecular weight is 302 g/mol. The van der Waals surface area contributed by atoms with Crippen LogP contribution < -0.4 is 0 Å². The first kappa shape index (κ1) is 19.8. The maximum atomic E-state index is 11.5. The Labute approximate surface area is 126 Å². The molecule has 2 N–H and O–H groups in total. The highest BCUT2D eigenvalue weighted by Crippen LogP contribution is 2.10. The van der Waals surface area contributed by atoms with Crippen LogP contribution >= 0.6 is 0 Å². The number of carbonyl (C=O) groups excluding carboxylic acids is 1. The van der Waals surface area contributed by atoms with Gasteiger partial charge < -0.3 is 24.4 Å². The highest BCUT2D eigenvalue weighted by Gasteiger charge is 2.17. The van der Waals surface area contributed by atoms with Gasteiger partial charge >= 0.3 is 5.97 Å². The lowest BCUT2D eigenvalue weighted by Gasteiger charge is -2.20. The summed E-state index contributed by atoms with van der Waals surface area (Å²) in [5, 5.41) is 18.3. The molecule has 0 amide bonds. The topological polar surface area (TPSA) is 85.2 Å². The van der Waals surface area contributed by atoms with Crippen LogP contribution in [0.1, 0.15) is 20.3 Å². The molecule has 0 aliphatic heterocycles. The molecule has 0 bridgehead atoms. The second-order valence-corrected chi connectivity index (χ2v) is 4.83. The molecule has 0 aromatic heterocycles. The Hall–Kier alpha value is -1.21. The van der Waals surface area contributed by atoms with Crippen molar-refractivity contribution in [2.75, 3.05) is 26.4 Å². The normalized spacial score (nSPS) is 15.0. The molecule has 0 fully saturated rings. The molecular formula is C15H26O6. The highest BCUT2D eigenvalue weighted by molar-refractivity contribution is 5.87. The van der Waals surface area contributed by atoms with Gasteiger partial charge in [0.15, 0.2) is 0 Å². The molecule has 21 heavy (non-hydrogen) atoms. The number of rotatable bonds is 12. The van der Waals surface area contributed by atoms with E-state index in [1.54, 1.807) is 13.8 Å². The minimum Gasteiger partial charge on any atom is -0.458 e. The van der Waals surface area contributed by atoms with Crippen molar-refractivity contribution >= 4 is 5.97 Å². The Balaban J connectivity index is 4.06. The molecule has 0 radical (unpaired) electrons. The summed E-state index contributed by atoms with van der Waals surface area (Å²) >= 11 is 0. The van der Waals surface area contributed by atoms with Gasteiger partial charge in [-0.2, -0.15) is 0 Å². The lowest BCUT2D eigenvalue weighted by Crippen LogP contribution is -2.27. The van der Waals surface area contributed by atoms with Crippen LogP contribution in [-0.4, -0.2) is 60.9 Å². The molecule has 0 heterocycles. The van der Waals surface area contributed by atoms with Crippen LogP contribution in [0.3, 0.4) is 0 Å². The van der Waals surface area contributed by atoms with Gasteiger partial charge in [-0.3, -0.25) is 0 Å². The second kappa shape index (κ2) is 11.4. The Morgan fingerprint density at radius 2 is 1.95 bits per heavy atom. The first-order valence-electron chi connectivity index (χ1n) is 6.88. The SMILES string of the molecule is C=CCOC(=O)C(=C)CC(CO)OCC(C)OCC(C)O. The Kier molecular flexibility index (Phi) is 10.8. The first-order valence-corrected chi connectivity index (χ1v) is 6.88. The fraction of sp³-hybridized carbons (Fsp3) is 0.667. The minimum absolute atomic E-state index is 0.118. The van der Waals surface area contributed by atoms with Gasteiger partial charge in [0.25, 0.3) is 0 Å². The molecule has 122 valence electrons. The van der Waals surface area contributed by atoms with Crippen LogP contribution in [0.15, 0.2) is 24.8 Å². The maximum absolute atomic E-state index is 11.5. The van der Waals surface area contributed by atoms with Crippen LogP contribution in [0, 0.1) is 0 Å². The molecule has 0 aliphatic rings. The fourth-order valence-corrected chi connectivity index (χ4v) is 1.39. The van der Waals surface area contributed by atoms with E-state index < -0.39 is 18.2 Å². The van der Waals surface area contributed by atoms with Gasteiger partial charge in [0.2, 0.25) is 0 Å². The van der Waals surface area contributed by atoms with Crippen LogP contribution in [0.2, 0.25) is 0 Å². The predicted octanol–water partition coefficient (Wildman–Crippen LogP) is 0.825. The Bertz CT molecular complexity index is 326. The van der Waals surface area contributed by atoms with Gasteiger partial charge in [0, 0.05) is 12.0 Å². The molecule has 0 aliphatic carbocycles. The smallest absolute Gasteiger partial charge is 0.333 e. The third kappa shape index (κ3) is 10.2. The van der Waals surface area contributed by atoms with E-state index in [1.165, 1.54) is 6.08 Å². The van der Waals surface area contributed by atoms with Crippen molar-refractivity contribution in [1.29, 1.82) is 0 Å². The minimum atomic E-state index is -0.550. The van der Waals surface area contributed by atoms with E-state index in [1.807, 2.05) is 0 Å². The summed E-state index contributed by atoms with van der Waals surface area (Å²) in [6, 6.07) is 0. The van der Waals surface area contributed by atoms with Crippen LogP contribution in [-0.2, 0) is 19.0 Å². The molecular weight excluding hydrogens is 276 g/mol. The Morgan fingerprint density at radius 1 is 1.29 bits per heavy atom. The summed E-state index contributed by atoms with van der Waals surface area (Å²) in [5.41, 5.74) is 0.230. The number of hydrogen-bond donors (Lipinski definition) is 2. The van der Waals surface area contributed by atoms with Crippen molar-refractivity contribution in [1.82, 2.24) is 0 Å². The van der Waals surface area contributed by atoms with Gasteiger partial charge in [-0.15, -0.1) is 0 Å². The molecule has 0 rings (SSSR count). The number of hydrogen-bond acceptors (Lipinski definition) is 6. The average Bonchev–Trinajstić information content (AvgIpc) is 2.46. The van der Waals surface area contributed by atoms with Gasteiger partial charge in [-0.05, 0) is 13.8 Å². The molecule has 0 aromatic rings. The highest BCUT2D eigenvalue weighted by atomic mass is 16.5. The fourth-order valence-electron chi connectivity index (χ4n) is 1.39. The number of ether oxygens (including phenoxy) is 3. The second-order valence-electron chi connectivity index (χ2n) is 4.83. The third-order valence-corrected chi connectivity index (χ3v) is 2.49. The summed E-state index contributed by atoms with van der Waals surface area (Å²) < 4.78 is 15.6. The lowest BCUT2D eigenvalue weighted by molar-refractivity contribution is -0.138. The summed E-state index contributed by atoms with van der Waals surface area (Å²) in [6.45, 7) is 10.8. The van der Waals surface area contributed by atoms with Gasteiger partial charge in [0.1, 0.15) is 6.61 Å². The van der Waals surface area contributed by atoms with Crippen molar-refractivity contribution in [3.05, 3.63) is 24.8 Å². The van der Waals surface area contributed by atoms with Gasteiger partial charge in [0.05, 0.1) is 38.1 Å². The summed E-state index contributed by atoms with van der Waals surface area (Å²) in [5.74, 6) is -0.532. The van der Waals surface area contributed by atoms with Crippen LogP contribution in [0.4, 0.5) is 0 Å². The van der Waals surface area contributed by atoms with Crippen molar-refractivity contribution in [3.63, 3.8) is 0 Å². The first-order chi connectivity index (χ1) is 9.90. The van der Waals surface area contributed by atoms with E-state index in [2.05, 4.69) is 13.2 Å². The number of carbonyl (C=O) groups is 1. The zero-order chi connectivity index (χ0) is 16.3. The summed E-state index contributed by atoms with van der Waals surface area (Å²) in [6.07, 6.45) is 0.323. The molecule has 0 saturated heterocycles. The summed E-state index contributed by atoms with van der Waals surface area (Å²) in [4.78, 5) is 11.5. The van der Waals surface area contributed by atoms with Crippen LogP contribution in [0.25, 0.3) is 0 Å². The molecule has 6 heteroatoms. The van der Waals surface area contributed by atoms with Gasteiger partial charge in [-0.25, -0.2) is 4.79 Å². The maximum Gasteiger partial charge on any atom is 0.333 e. The van der Waals surface area contributed by atoms with E-state index in [9.17, 15) is 9.90 Å².